The summed E-state index contributed by atoms with van der Waals surface area (Å²) in [6.45, 7) is 6.96. The fourth-order valence-electron chi connectivity index (χ4n) is 4.19. The van der Waals surface area contributed by atoms with Crippen LogP contribution in [0.25, 0.3) is 10.8 Å². The molecule has 3 aromatic rings. The molecule has 1 heterocycles. The van der Waals surface area contributed by atoms with E-state index >= 15 is 0 Å². The molecule has 30 heavy (non-hydrogen) atoms. The van der Waals surface area contributed by atoms with Gasteiger partial charge in [-0.15, -0.1) is 0 Å². The Hall–Kier alpha value is -2.89. The van der Waals surface area contributed by atoms with Gasteiger partial charge in [-0.1, -0.05) is 42.0 Å². The van der Waals surface area contributed by atoms with Crippen LogP contribution in [0.4, 0.5) is 5.69 Å². The molecule has 1 saturated heterocycles. The van der Waals surface area contributed by atoms with Crippen LogP contribution in [0.1, 0.15) is 18.1 Å². The van der Waals surface area contributed by atoms with E-state index in [0.29, 0.717) is 6.04 Å². The van der Waals surface area contributed by atoms with Gasteiger partial charge in [0.2, 0.25) is 0 Å². The average Bonchev–Trinajstić information content (AvgIpc) is 2.78. The van der Waals surface area contributed by atoms with E-state index in [0.717, 1.165) is 41.7 Å². The Bertz CT molecular complexity index is 1020. The van der Waals surface area contributed by atoms with E-state index in [2.05, 4.69) is 47.9 Å². The maximum absolute atomic E-state index is 10.8. The zero-order valence-corrected chi connectivity index (χ0v) is 17.6. The summed E-state index contributed by atoms with van der Waals surface area (Å²) in [7, 11) is 0. The number of rotatable bonds is 6. The highest BCUT2D eigenvalue weighted by Gasteiger charge is 2.28. The number of fused-ring (bicyclic) bond motifs is 1. The van der Waals surface area contributed by atoms with Gasteiger partial charge in [0.15, 0.2) is 0 Å². The second-order valence-corrected chi connectivity index (χ2v) is 8.01. The molecular formula is C25H29N3O2. The highest BCUT2D eigenvalue weighted by atomic mass is 16.5. The van der Waals surface area contributed by atoms with Gasteiger partial charge < -0.3 is 20.2 Å². The number of anilines is 1. The average molecular weight is 404 g/mol. The zero-order valence-electron chi connectivity index (χ0n) is 17.6. The monoisotopic (exact) mass is 403 g/mol. The van der Waals surface area contributed by atoms with Crippen molar-refractivity contribution in [3.63, 3.8) is 0 Å². The first-order chi connectivity index (χ1) is 14.6. The Morgan fingerprint density at radius 2 is 1.80 bits per heavy atom. The lowest BCUT2D eigenvalue weighted by Gasteiger charge is -2.42. The quantitative estimate of drug-likeness (QED) is 0.610. The van der Waals surface area contributed by atoms with E-state index in [1.165, 1.54) is 17.5 Å². The minimum Gasteiger partial charge on any atom is -0.489 e. The molecule has 0 bridgehead atoms. The summed E-state index contributed by atoms with van der Waals surface area (Å²) < 4.78 is 6.01. The van der Waals surface area contributed by atoms with Crippen molar-refractivity contribution in [2.24, 2.45) is 0 Å². The lowest BCUT2D eigenvalue weighted by atomic mass is 10.0. The normalized spacial score (nSPS) is 18.4. The van der Waals surface area contributed by atoms with Gasteiger partial charge in [0.05, 0.1) is 0 Å². The molecule has 0 radical (unpaired) electrons. The van der Waals surface area contributed by atoms with Gasteiger partial charge in [-0.3, -0.25) is 4.90 Å². The molecule has 4 rings (SSSR count). The van der Waals surface area contributed by atoms with Crippen molar-refractivity contribution in [2.45, 2.75) is 26.1 Å². The van der Waals surface area contributed by atoms with Gasteiger partial charge in [-0.25, -0.2) is 0 Å². The van der Waals surface area contributed by atoms with E-state index < -0.39 is 6.23 Å². The van der Waals surface area contributed by atoms with E-state index in [-0.39, 0.29) is 6.61 Å². The van der Waals surface area contributed by atoms with E-state index in [1.54, 1.807) is 0 Å². The van der Waals surface area contributed by atoms with Crippen LogP contribution in [0.5, 0.6) is 5.75 Å². The first-order valence-electron chi connectivity index (χ1n) is 10.5. The molecule has 1 fully saturated rings. The van der Waals surface area contributed by atoms with Crippen molar-refractivity contribution in [3.8, 4) is 5.75 Å². The van der Waals surface area contributed by atoms with Crippen LogP contribution in [0.15, 0.2) is 60.7 Å². The largest absolute Gasteiger partial charge is 0.489 e. The van der Waals surface area contributed by atoms with Gasteiger partial charge in [0.1, 0.15) is 18.6 Å². The Labute approximate surface area is 178 Å². The van der Waals surface area contributed by atoms with Crippen LogP contribution >= 0.6 is 0 Å². The highest BCUT2D eigenvalue weighted by Crippen LogP contribution is 2.28. The third-order valence-electron chi connectivity index (χ3n) is 5.91. The van der Waals surface area contributed by atoms with Gasteiger partial charge in [-0.2, -0.15) is 0 Å². The molecule has 2 N–H and O–H groups in total. The molecule has 1 aliphatic heterocycles. The molecule has 2 atom stereocenters. The number of aliphatic hydroxyl groups excluding tert-OH is 1. The topological polar surface area (TPSA) is 59.8 Å². The van der Waals surface area contributed by atoms with Crippen molar-refractivity contribution in [1.82, 2.24) is 4.90 Å². The van der Waals surface area contributed by atoms with Crippen molar-refractivity contribution in [2.75, 3.05) is 31.1 Å². The number of aliphatic hydroxyl groups is 1. The molecule has 0 saturated carbocycles. The minimum absolute atomic E-state index is 0.213. The first kappa shape index (κ1) is 20.4. The number of nitrogens with one attached hydrogen (secondary N) is 1. The number of piperazine rings is 1. The molecule has 0 aromatic heterocycles. The predicted octanol–water partition coefficient (Wildman–Crippen LogP) is 4.05. The number of benzene rings is 3. The van der Waals surface area contributed by atoms with Crippen LogP contribution in [0.2, 0.25) is 0 Å². The SMILES string of the molecule is Cc1ccc(N2CCN(C(O)COc3ccc(C=N)c4ccccc34)CC2C)cc1. The standard InChI is InChI=1S/C25H29N3O2/c1-18-7-10-21(11-8-18)28-14-13-27(16-19(28)2)25(29)17-30-24-12-9-20(15-26)22-5-3-4-6-23(22)24/h3-12,15,19,25-26,29H,13-14,16-17H2,1-2H3. The lowest BCUT2D eigenvalue weighted by molar-refractivity contribution is -0.0352. The molecule has 0 amide bonds. The van der Waals surface area contributed by atoms with Crippen LogP contribution in [0.3, 0.4) is 0 Å². The van der Waals surface area contributed by atoms with Gasteiger partial charge in [0.25, 0.3) is 0 Å². The number of nitrogens with zero attached hydrogens (tertiary/aromatic N) is 2. The van der Waals surface area contributed by atoms with Crippen molar-refractivity contribution >= 4 is 22.7 Å². The fraction of sp³-hybridized carbons (Fsp3) is 0.320. The molecule has 0 aliphatic carbocycles. The second kappa shape index (κ2) is 8.86. The van der Waals surface area contributed by atoms with Gasteiger partial charge in [0, 0.05) is 48.5 Å². The summed E-state index contributed by atoms with van der Waals surface area (Å²) >= 11 is 0. The fourth-order valence-corrected chi connectivity index (χ4v) is 4.19. The minimum atomic E-state index is -0.659. The molecule has 1 aliphatic rings. The van der Waals surface area contributed by atoms with E-state index in [4.69, 9.17) is 10.1 Å². The van der Waals surface area contributed by atoms with Crippen LogP contribution in [-0.2, 0) is 0 Å². The maximum Gasteiger partial charge on any atom is 0.141 e. The summed E-state index contributed by atoms with van der Waals surface area (Å²) in [5.41, 5.74) is 3.36. The Morgan fingerprint density at radius 3 is 2.50 bits per heavy atom. The summed E-state index contributed by atoms with van der Waals surface area (Å²) in [6.07, 6.45) is 0.699. The van der Waals surface area contributed by atoms with Crippen molar-refractivity contribution in [1.29, 1.82) is 5.41 Å². The molecule has 5 nitrogen and oxygen atoms in total. The molecule has 156 valence electrons. The van der Waals surface area contributed by atoms with Crippen LogP contribution in [0, 0.1) is 12.3 Å². The number of aryl methyl sites for hydroxylation is 1. The van der Waals surface area contributed by atoms with Crippen LogP contribution in [-0.4, -0.2) is 54.7 Å². The summed E-state index contributed by atoms with van der Waals surface area (Å²) in [5, 5.41) is 20.3. The van der Waals surface area contributed by atoms with Crippen LogP contribution < -0.4 is 9.64 Å². The van der Waals surface area contributed by atoms with Gasteiger partial charge in [-0.05, 0) is 43.5 Å². The molecular weight excluding hydrogens is 374 g/mol. The summed E-state index contributed by atoms with van der Waals surface area (Å²) in [4.78, 5) is 4.48. The predicted molar refractivity (Wildman–Crippen MR) is 123 cm³/mol. The second-order valence-electron chi connectivity index (χ2n) is 8.01. The number of ether oxygens (including phenoxy) is 1. The molecule has 5 heteroatoms. The smallest absolute Gasteiger partial charge is 0.141 e. The van der Waals surface area contributed by atoms with Crippen molar-refractivity contribution in [3.05, 3.63) is 71.8 Å². The highest BCUT2D eigenvalue weighted by molar-refractivity contribution is 6.01. The lowest BCUT2D eigenvalue weighted by Crippen LogP contribution is -2.56. The summed E-state index contributed by atoms with van der Waals surface area (Å²) in [5.74, 6) is 0.738. The third kappa shape index (κ3) is 4.18. The number of hydrogen-bond donors (Lipinski definition) is 2. The first-order valence-corrected chi connectivity index (χ1v) is 10.5. The Balaban J connectivity index is 1.40. The van der Waals surface area contributed by atoms with E-state index in [9.17, 15) is 5.11 Å². The molecule has 3 aromatic carbocycles. The Morgan fingerprint density at radius 1 is 1.07 bits per heavy atom. The zero-order chi connectivity index (χ0) is 21.1. The van der Waals surface area contributed by atoms with Crippen molar-refractivity contribution < 1.29 is 9.84 Å². The summed E-state index contributed by atoms with van der Waals surface area (Å²) in [6, 6.07) is 20.6. The van der Waals surface area contributed by atoms with E-state index in [1.807, 2.05) is 36.4 Å². The molecule has 0 spiro atoms. The molecule has 2 unspecified atom stereocenters. The third-order valence-corrected chi connectivity index (χ3v) is 5.91. The van der Waals surface area contributed by atoms with Gasteiger partial charge >= 0.3 is 0 Å². The maximum atomic E-state index is 10.8. The Kier molecular flexibility index (Phi) is 6.02. The number of hydrogen-bond acceptors (Lipinski definition) is 5.